The van der Waals surface area contributed by atoms with Gasteiger partial charge in [0.2, 0.25) is 0 Å². The minimum atomic E-state index is 1.32. The monoisotopic (exact) mass is 64.0 g/mol. The normalized spacial score (nSPS) is 9.00. The summed E-state index contributed by atoms with van der Waals surface area (Å²) >= 11 is 0. The van der Waals surface area contributed by atoms with Crippen molar-refractivity contribution < 1.29 is 0 Å². The first-order chi connectivity index (χ1) is 2.41. The fourth-order valence-electron chi connectivity index (χ4n) is 0.0556. The van der Waals surface area contributed by atoms with E-state index in [4.69, 9.17) is 13.5 Å². The Kier molecular flexibility index (Phi) is 3.12. The highest BCUT2D eigenvalue weighted by Gasteiger charge is 1.44. The van der Waals surface area contributed by atoms with Gasteiger partial charge in [0.05, 0.1) is 0 Å². The second-order valence-corrected chi connectivity index (χ2v) is 0.526. The van der Waals surface area contributed by atoms with Crippen LogP contribution in [0.4, 0.5) is 0 Å². The van der Waals surface area contributed by atoms with Gasteiger partial charge in [0, 0.05) is 0 Å². The van der Waals surface area contributed by atoms with Gasteiger partial charge >= 0.3 is 0 Å². The van der Waals surface area contributed by atoms with Crippen molar-refractivity contribution in [2.45, 2.75) is 0 Å². The third kappa shape index (κ3) is 3.48. The zero-order chi connectivity index (χ0) is 4.12. The number of allylic oxidation sites excluding steroid dienone is 3. The summed E-state index contributed by atoms with van der Waals surface area (Å²) in [4.78, 5) is 0. The maximum absolute atomic E-state index is 4.82. The van der Waals surface area contributed by atoms with E-state index in [1.54, 1.807) is 0 Å². The summed E-state index contributed by atoms with van der Waals surface area (Å²) < 4.78 is 0. The molecule has 0 spiro atoms. The van der Waals surface area contributed by atoms with Crippen LogP contribution >= 0.6 is 0 Å². The molecule has 0 heteroatoms. The van der Waals surface area contributed by atoms with Gasteiger partial charge in [-0.05, 0) is 13.0 Å². The predicted octanol–water partition coefficient (Wildman–Crippen LogP) is 1.05. The van der Waals surface area contributed by atoms with Gasteiger partial charge in [0.1, 0.15) is 0 Å². The van der Waals surface area contributed by atoms with Crippen LogP contribution in [0.15, 0.2) is 12.2 Å². The van der Waals surface area contributed by atoms with Gasteiger partial charge in [-0.3, -0.25) is 0 Å². The molecule has 0 bridgehead atoms. The number of hydrogen-bond acceptors (Lipinski definition) is 0. The average Bonchev–Trinajstić information content (AvgIpc) is 1.41. The average molecular weight is 64.1 g/mol. The smallest absolute Gasteiger partial charge is 0.00922 e. The first-order valence-electron chi connectivity index (χ1n) is 1.24. The van der Waals surface area contributed by atoms with Crippen LogP contribution < -0.4 is 0 Å². The lowest BCUT2D eigenvalue weighted by atomic mass is 10.5. The summed E-state index contributed by atoms with van der Waals surface area (Å²) in [5, 5.41) is 0. The largest absolute Gasteiger partial charge is 0.0796 e. The van der Waals surface area contributed by atoms with E-state index in [-0.39, 0.29) is 0 Å². The van der Waals surface area contributed by atoms with E-state index in [1.807, 2.05) is 0 Å². The van der Waals surface area contributed by atoms with E-state index >= 15 is 0 Å². The van der Waals surface area contributed by atoms with Gasteiger partial charge in [-0.2, -0.15) is 0 Å². The maximum atomic E-state index is 4.82. The molecule has 0 N–H and O–H groups in total. The summed E-state index contributed by atoms with van der Waals surface area (Å²) in [7, 11) is 0. The minimum absolute atomic E-state index is 1.32. The molecular weight excluding hydrogens is 60.1 g/mol. The van der Waals surface area contributed by atoms with Crippen molar-refractivity contribution in [1.29, 1.82) is 0 Å². The topological polar surface area (TPSA) is 0 Å². The highest BCUT2D eigenvalue weighted by atomic mass is 13.5. The summed E-state index contributed by atoms with van der Waals surface area (Å²) in [5.74, 6) is 0. The van der Waals surface area contributed by atoms with Crippen LogP contribution in [0.25, 0.3) is 0 Å². The lowest BCUT2D eigenvalue weighted by molar-refractivity contribution is 1.90. The number of hydrogen-bond donors (Lipinski definition) is 0. The molecule has 0 saturated carbocycles. The Morgan fingerprint density at radius 1 is 1.60 bits per heavy atom. The lowest BCUT2D eigenvalue weighted by Crippen LogP contribution is -1.36. The molecule has 0 aromatic heterocycles. The lowest BCUT2D eigenvalue weighted by Gasteiger charge is -1.53. The van der Waals surface area contributed by atoms with Crippen molar-refractivity contribution in [3.05, 3.63) is 31.7 Å². The molecule has 0 aliphatic rings. The molecule has 0 saturated heterocycles. The molecule has 0 aliphatic carbocycles. The third-order valence-electron chi connectivity index (χ3n) is 0.192. The molecule has 0 fully saturated rings. The number of rotatable bonds is 1. The Bertz CT molecular complexity index is 42.0. The molecule has 0 aliphatic heterocycles. The van der Waals surface area contributed by atoms with E-state index in [0.717, 1.165) is 0 Å². The predicted molar refractivity (Wildman–Crippen MR) is 21.0 cm³/mol. The summed E-state index contributed by atoms with van der Waals surface area (Å²) in [6, 6.07) is 0. The fraction of sp³-hybridized carbons (Fsp3) is 0. The van der Waals surface area contributed by atoms with Crippen LogP contribution in [0.2, 0.25) is 0 Å². The Labute approximate surface area is 32.8 Å². The summed E-state index contributed by atoms with van der Waals surface area (Å²) in [6.45, 7) is 9.54. The van der Waals surface area contributed by atoms with Gasteiger partial charge in [0.15, 0.2) is 0 Å². The van der Waals surface area contributed by atoms with Crippen LogP contribution in [0.1, 0.15) is 0 Å². The van der Waals surface area contributed by atoms with Crippen molar-refractivity contribution in [2.24, 2.45) is 0 Å². The quantitative estimate of drug-likeness (QED) is 0.400. The molecule has 0 aromatic carbocycles. The molecule has 0 rings (SSSR count). The molecular formula is C5H4. The van der Waals surface area contributed by atoms with E-state index < -0.39 is 0 Å². The Balaban J connectivity index is 2.92. The Morgan fingerprint density at radius 3 is 2.20 bits per heavy atom. The van der Waals surface area contributed by atoms with Crippen molar-refractivity contribution in [3.8, 4) is 0 Å². The zero-order valence-corrected chi connectivity index (χ0v) is 2.81. The summed E-state index contributed by atoms with van der Waals surface area (Å²) in [6.07, 6.45) is 4.96. The van der Waals surface area contributed by atoms with Crippen LogP contribution in [-0.4, -0.2) is 0 Å². The van der Waals surface area contributed by atoms with Crippen molar-refractivity contribution in [1.82, 2.24) is 0 Å². The first kappa shape index (κ1) is 4.48. The van der Waals surface area contributed by atoms with Crippen molar-refractivity contribution in [2.75, 3.05) is 0 Å². The third-order valence-corrected chi connectivity index (χ3v) is 0.192. The molecule has 4 radical (unpaired) electrons. The van der Waals surface area contributed by atoms with Gasteiger partial charge in [0.25, 0.3) is 0 Å². The Morgan fingerprint density at radius 2 is 2.20 bits per heavy atom. The minimum Gasteiger partial charge on any atom is -0.0796 e. The van der Waals surface area contributed by atoms with Crippen LogP contribution in [0, 0.1) is 19.6 Å². The van der Waals surface area contributed by atoms with Gasteiger partial charge < -0.3 is 0 Å². The first-order valence-corrected chi connectivity index (χ1v) is 1.24. The van der Waals surface area contributed by atoms with Crippen LogP contribution in [-0.2, 0) is 0 Å². The molecule has 0 atom stereocenters. The fourth-order valence-corrected chi connectivity index (χ4v) is 0.0556. The molecule has 0 amide bonds. The molecule has 0 unspecified atom stereocenters. The molecule has 0 heterocycles. The second kappa shape index (κ2) is 3.48. The van der Waals surface area contributed by atoms with E-state index in [0.29, 0.717) is 0 Å². The zero-order valence-electron chi connectivity index (χ0n) is 2.81. The maximum Gasteiger partial charge on any atom is -0.00922 e. The Hall–Kier alpha value is -0.520. The SMILES string of the molecule is [CH]C=C[C]=[CH]. The van der Waals surface area contributed by atoms with Crippen LogP contribution in [0.5, 0.6) is 0 Å². The summed E-state index contributed by atoms with van der Waals surface area (Å²) in [5.41, 5.74) is 0. The van der Waals surface area contributed by atoms with Gasteiger partial charge in [-0.25, -0.2) is 0 Å². The molecule has 0 aromatic rings. The van der Waals surface area contributed by atoms with Crippen LogP contribution in [0.3, 0.4) is 0 Å². The van der Waals surface area contributed by atoms with Gasteiger partial charge in [-0.15, -0.1) is 0 Å². The van der Waals surface area contributed by atoms with Gasteiger partial charge in [-0.1, -0.05) is 18.7 Å². The molecule has 5 heavy (non-hydrogen) atoms. The van der Waals surface area contributed by atoms with E-state index in [9.17, 15) is 0 Å². The van der Waals surface area contributed by atoms with E-state index in [1.165, 1.54) is 12.2 Å². The van der Waals surface area contributed by atoms with Crippen molar-refractivity contribution in [3.63, 3.8) is 0 Å². The van der Waals surface area contributed by atoms with Crippen molar-refractivity contribution >= 4 is 0 Å². The molecule has 0 nitrogen and oxygen atoms in total. The second-order valence-electron chi connectivity index (χ2n) is 0.526. The highest BCUT2D eigenvalue weighted by Crippen LogP contribution is 1.61. The standard InChI is InChI=1S/C5H4/c1-3-5-4-2/h1-3,5H. The van der Waals surface area contributed by atoms with E-state index in [2.05, 4.69) is 6.08 Å². The highest BCUT2D eigenvalue weighted by molar-refractivity contribution is 4.90. The molecule has 24 valence electrons.